The predicted octanol–water partition coefficient (Wildman–Crippen LogP) is 5.82. The van der Waals surface area contributed by atoms with Crippen LogP contribution in [0.2, 0.25) is 0 Å². The van der Waals surface area contributed by atoms with E-state index in [0.29, 0.717) is 42.8 Å². The van der Waals surface area contributed by atoms with Crippen LogP contribution in [0.5, 0.6) is 0 Å². The molecule has 2 aromatic carbocycles. The van der Waals surface area contributed by atoms with Crippen LogP contribution in [0.4, 0.5) is 13.2 Å². The first-order valence-electron chi connectivity index (χ1n) is 11.1. The van der Waals surface area contributed by atoms with E-state index >= 15 is 0 Å². The zero-order valence-corrected chi connectivity index (χ0v) is 20.2. The standard InChI is InChI=1S/C14H19F3O.C12H16N2O2/c1-13(2,3)7-6-11-5-4-10(9-18)8-12(11)14(15,16)17;1-9(13)11-4-2-10(3-5-11)8-14-7-6-12(15)16/h4-5,8,18H,6-7,9H2,1-3H3;2-5,13-14H,6-8H2,1H3,(H,15,16). The number of rotatable bonds is 9. The molecular formula is C26H35F3N2O3. The van der Waals surface area contributed by atoms with Gasteiger partial charge in [0, 0.05) is 18.8 Å². The fourth-order valence-electron chi connectivity index (χ4n) is 3.01. The van der Waals surface area contributed by atoms with Crippen molar-refractivity contribution in [3.05, 3.63) is 70.3 Å². The van der Waals surface area contributed by atoms with Crippen molar-refractivity contribution in [3.63, 3.8) is 0 Å². The van der Waals surface area contributed by atoms with Crippen LogP contribution in [-0.2, 0) is 30.5 Å². The van der Waals surface area contributed by atoms with Gasteiger partial charge in [-0.05, 0) is 53.5 Å². The summed E-state index contributed by atoms with van der Waals surface area (Å²) < 4.78 is 38.7. The van der Waals surface area contributed by atoms with Gasteiger partial charge in [0.2, 0.25) is 0 Å². The van der Waals surface area contributed by atoms with Crippen molar-refractivity contribution in [3.8, 4) is 0 Å². The fourth-order valence-corrected chi connectivity index (χ4v) is 3.01. The molecule has 5 nitrogen and oxygen atoms in total. The summed E-state index contributed by atoms with van der Waals surface area (Å²) in [6.07, 6.45) is -3.14. The van der Waals surface area contributed by atoms with Gasteiger partial charge in [-0.3, -0.25) is 4.79 Å². The number of nitrogens with one attached hydrogen (secondary N) is 2. The molecule has 0 radical (unpaired) electrons. The molecule has 0 aliphatic rings. The Bertz CT molecular complexity index is 934. The lowest BCUT2D eigenvalue weighted by atomic mass is 9.87. The number of carboxylic acid groups (broad SMARTS) is 1. The van der Waals surface area contributed by atoms with Crippen molar-refractivity contribution in [2.75, 3.05) is 6.54 Å². The number of alkyl halides is 3. The van der Waals surface area contributed by atoms with Crippen molar-refractivity contribution < 1.29 is 28.2 Å². The van der Waals surface area contributed by atoms with Gasteiger partial charge >= 0.3 is 12.1 Å². The van der Waals surface area contributed by atoms with Gasteiger partial charge < -0.3 is 20.9 Å². The number of hydrogen-bond donors (Lipinski definition) is 4. The van der Waals surface area contributed by atoms with Crippen LogP contribution in [0.15, 0.2) is 42.5 Å². The molecule has 0 unspecified atom stereocenters. The quantitative estimate of drug-likeness (QED) is 0.269. The number of aliphatic hydroxyl groups excluding tert-OH is 1. The van der Waals surface area contributed by atoms with E-state index in [0.717, 1.165) is 17.2 Å². The van der Waals surface area contributed by atoms with Gasteiger partial charge in [-0.2, -0.15) is 13.2 Å². The first kappa shape index (κ1) is 29.3. The van der Waals surface area contributed by atoms with Crippen LogP contribution < -0.4 is 5.32 Å². The minimum atomic E-state index is -4.36. The van der Waals surface area contributed by atoms with Gasteiger partial charge in [-0.25, -0.2) is 0 Å². The van der Waals surface area contributed by atoms with Crippen molar-refractivity contribution in [1.82, 2.24) is 5.32 Å². The van der Waals surface area contributed by atoms with Crippen molar-refractivity contribution >= 4 is 11.7 Å². The minimum absolute atomic E-state index is 0.00147. The first-order chi connectivity index (χ1) is 15.7. The number of aryl methyl sites for hydroxylation is 1. The smallest absolute Gasteiger partial charge is 0.416 e. The molecule has 8 heteroatoms. The Morgan fingerprint density at radius 3 is 2.09 bits per heavy atom. The summed E-state index contributed by atoms with van der Waals surface area (Å²) in [4.78, 5) is 10.3. The van der Waals surface area contributed by atoms with E-state index in [1.54, 1.807) is 13.0 Å². The Morgan fingerprint density at radius 2 is 1.62 bits per heavy atom. The highest BCUT2D eigenvalue weighted by Crippen LogP contribution is 2.34. The molecule has 0 fully saturated rings. The second kappa shape index (κ2) is 13.2. The van der Waals surface area contributed by atoms with E-state index in [1.807, 2.05) is 45.0 Å². The van der Waals surface area contributed by atoms with Gasteiger partial charge in [0.15, 0.2) is 0 Å². The van der Waals surface area contributed by atoms with Gasteiger partial charge in [-0.1, -0.05) is 57.2 Å². The average molecular weight is 481 g/mol. The van der Waals surface area contributed by atoms with E-state index in [9.17, 15) is 18.0 Å². The van der Waals surface area contributed by atoms with Crippen LogP contribution in [0.25, 0.3) is 0 Å². The summed E-state index contributed by atoms with van der Waals surface area (Å²) in [5.74, 6) is -0.790. The van der Waals surface area contributed by atoms with Crippen LogP contribution in [0.1, 0.15) is 68.4 Å². The molecule has 0 saturated carbocycles. The van der Waals surface area contributed by atoms with Crippen molar-refractivity contribution in [1.29, 1.82) is 5.41 Å². The SMILES string of the molecule is CC(=N)c1ccc(CNCCC(=O)O)cc1.CC(C)(C)CCc1ccc(CO)cc1C(F)(F)F. The third kappa shape index (κ3) is 11.4. The highest BCUT2D eigenvalue weighted by atomic mass is 19.4. The molecule has 0 amide bonds. The Hall–Kier alpha value is -2.71. The van der Waals surface area contributed by atoms with Gasteiger partial charge in [0.1, 0.15) is 0 Å². The summed E-state index contributed by atoms with van der Waals surface area (Å²) in [5.41, 5.74) is 2.52. The van der Waals surface area contributed by atoms with E-state index in [1.165, 1.54) is 6.07 Å². The average Bonchev–Trinajstić information content (AvgIpc) is 2.74. The van der Waals surface area contributed by atoms with E-state index < -0.39 is 17.7 Å². The number of benzene rings is 2. The van der Waals surface area contributed by atoms with Crippen LogP contribution in [0.3, 0.4) is 0 Å². The number of aliphatic hydroxyl groups is 1. The Kier molecular flexibility index (Phi) is 11.4. The molecule has 2 rings (SSSR count). The molecular weight excluding hydrogens is 445 g/mol. The fraction of sp³-hybridized carbons (Fsp3) is 0.462. The second-order valence-corrected chi connectivity index (χ2v) is 9.35. The van der Waals surface area contributed by atoms with Gasteiger partial charge in [0.05, 0.1) is 18.6 Å². The molecule has 4 N–H and O–H groups in total. The zero-order chi connectivity index (χ0) is 25.9. The molecule has 0 atom stereocenters. The number of carboxylic acids is 1. The molecule has 0 aliphatic carbocycles. The number of halogens is 3. The maximum atomic E-state index is 12.9. The van der Waals surface area contributed by atoms with E-state index in [-0.39, 0.29) is 18.4 Å². The molecule has 0 heterocycles. The van der Waals surface area contributed by atoms with Gasteiger partial charge in [-0.15, -0.1) is 0 Å². The first-order valence-corrected chi connectivity index (χ1v) is 11.1. The molecule has 0 aliphatic heterocycles. The monoisotopic (exact) mass is 480 g/mol. The van der Waals surface area contributed by atoms with E-state index in [2.05, 4.69) is 5.32 Å². The summed E-state index contributed by atoms with van der Waals surface area (Å²) in [6, 6.07) is 11.8. The van der Waals surface area contributed by atoms with Gasteiger partial charge in [0.25, 0.3) is 0 Å². The predicted molar refractivity (Wildman–Crippen MR) is 128 cm³/mol. The van der Waals surface area contributed by atoms with Crippen LogP contribution in [0, 0.1) is 10.8 Å². The lowest BCUT2D eigenvalue weighted by Gasteiger charge is -2.20. The van der Waals surface area contributed by atoms with Crippen LogP contribution in [-0.4, -0.2) is 28.4 Å². The number of carbonyl (C=O) groups is 1. The summed E-state index contributed by atoms with van der Waals surface area (Å²) in [7, 11) is 0. The molecule has 0 bridgehead atoms. The Labute approximate surface area is 199 Å². The van der Waals surface area contributed by atoms with Crippen LogP contribution >= 0.6 is 0 Å². The number of hydrogen-bond acceptors (Lipinski definition) is 4. The Balaban J connectivity index is 0.000000342. The lowest BCUT2D eigenvalue weighted by Crippen LogP contribution is -2.17. The third-order valence-electron chi connectivity index (χ3n) is 5.04. The maximum absolute atomic E-state index is 12.9. The molecule has 34 heavy (non-hydrogen) atoms. The largest absolute Gasteiger partial charge is 0.481 e. The molecule has 0 saturated heterocycles. The third-order valence-corrected chi connectivity index (χ3v) is 5.04. The molecule has 2 aromatic rings. The maximum Gasteiger partial charge on any atom is 0.416 e. The summed E-state index contributed by atoms with van der Waals surface area (Å²) >= 11 is 0. The molecule has 0 aromatic heterocycles. The van der Waals surface area contributed by atoms with E-state index in [4.69, 9.17) is 15.6 Å². The molecule has 188 valence electrons. The zero-order valence-electron chi connectivity index (χ0n) is 20.2. The highest BCUT2D eigenvalue weighted by molar-refractivity contribution is 5.96. The van der Waals surface area contributed by atoms with Crippen molar-refractivity contribution in [2.24, 2.45) is 5.41 Å². The Morgan fingerprint density at radius 1 is 1.03 bits per heavy atom. The topological polar surface area (TPSA) is 93.4 Å². The minimum Gasteiger partial charge on any atom is -0.481 e. The highest BCUT2D eigenvalue weighted by Gasteiger charge is 2.33. The normalized spacial score (nSPS) is 11.5. The summed E-state index contributed by atoms with van der Waals surface area (Å²) in [5, 5.41) is 27.8. The number of aliphatic carboxylic acids is 1. The molecule has 0 spiro atoms. The summed E-state index contributed by atoms with van der Waals surface area (Å²) in [6.45, 7) is 8.51. The van der Waals surface area contributed by atoms with Crippen molar-refractivity contribution in [2.45, 2.75) is 66.3 Å². The lowest BCUT2D eigenvalue weighted by molar-refractivity contribution is -0.138. The second-order valence-electron chi connectivity index (χ2n) is 9.35.